The molecule has 0 bridgehead atoms. The Bertz CT molecular complexity index is 308. The Hall–Kier alpha value is -1.74. The summed E-state index contributed by atoms with van der Waals surface area (Å²) in [5.41, 5.74) is 0. The van der Waals surface area contributed by atoms with Gasteiger partial charge in [-0.1, -0.05) is 13.2 Å². The number of alkyl halides is 4. The molecule has 2 nitrogen and oxygen atoms in total. The van der Waals surface area contributed by atoms with Crippen LogP contribution < -0.4 is 0 Å². The zero-order valence-electron chi connectivity index (χ0n) is 11.4. The SMILES string of the molecule is C=C(F)C(F)(F)CF.C=C(F)CF.CC(=N)F.CC(=N)F. The summed E-state index contributed by atoms with van der Waals surface area (Å²) in [6.07, 6.45) is 0. The van der Waals surface area contributed by atoms with Crippen LogP contribution in [0.5, 0.6) is 0 Å². The van der Waals surface area contributed by atoms with Crippen LogP contribution >= 0.6 is 0 Å². The van der Waals surface area contributed by atoms with Gasteiger partial charge in [0.1, 0.15) is 12.5 Å². The summed E-state index contributed by atoms with van der Waals surface area (Å²) in [5.74, 6) is -8.50. The highest BCUT2D eigenvalue weighted by Crippen LogP contribution is 2.23. The molecule has 0 aliphatic heterocycles. The number of hydrogen-bond donors (Lipinski definition) is 2. The largest absolute Gasteiger partial charge is 0.325 e. The molecular formula is C11H16F8N2. The molecule has 0 rings (SSSR count). The van der Waals surface area contributed by atoms with E-state index in [1.165, 1.54) is 0 Å². The van der Waals surface area contributed by atoms with E-state index in [4.69, 9.17) is 10.8 Å². The van der Waals surface area contributed by atoms with Crippen molar-refractivity contribution in [1.82, 2.24) is 0 Å². The van der Waals surface area contributed by atoms with Crippen molar-refractivity contribution in [2.24, 2.45) is 0 Å². The number of allylic oxidation sites excluding steroid dienone is 2. The third-order valence-corrected chi connectivity index (χ3v) is 0.710. The minimum absolute atomic E-state index is 0.833. The Balaban J connectivity index is -0.0000000970. The molecule has 10 heteroatoms. The predicted octanol–water partition coefficient (Wildman–Crippen LogP) is 5.42. The third kappa shape index (κ3) is 56.3. The summed E-state index contributed by atoms with van der Waals surface area (Å²) in [6, 6.07) is 0. The van der Waals surface area contributed by atoms with Gasteiger partial charge in [0.15, 0.2) is 24.4 Å². The van der Waals surface area contributed by atoms with Crippen molar-refractivity contribution >= 4 is 11.9 Å². The average molecular weight is 328 g/mol. The number of nitrogens with one attached hydrogen (secondary N) is 2. The second kappa shape index (κ2) is 16.3. The smallest absolute Gasteiger partial charge is 0.278 e. The van der Waals surface area contributed by atoms with Gasteiger partial charge in [-0.3, -0.25) is 10.8 Å². The molecule has 21 heavy (non-hydrogen) atoms. The van der Waals surface area contributed by atoms with Crippen molar-refractivity contribution in [3.05, 3.63) is 24.8 Å². The zero-order valence-corrected chi connectivity index (χ0v) is 11.4. The third-order valence-electron chi connectivity index (χ3n) is 0.710. The number of rotatable bonds is 3. The molecular weight excluding hydrogens is 312 g/mol. The average Bonchev–Trinajstić information content (AvgIpc) is 2.28. The van der Waals surface area contributed by atoms with Crippen LogP contribution in [0.4, 0.5) is 35.1 Å². The molecule has 0 aromatic carbocycles. The van der Waals surface area contributed by atoms with Crippen molar-refractivity contribution in [3.63, 3.8) is 0 Å². The predicted molar refractivity (Wildman–Crippen MR) is 66.4 cm³/mol. The molecule has 0 amide bonds. The van der Waals surface area contributed by atoms with Crippen molar-refractivity contribution in [2.75, 3.05) is 13.3 Å². The highest BCUT2D eigenvalue weighted by Gasteiger charge is 2.33. The minimum Gasteiger partial charge on any atom is -0.278 e. The Labute approximate surface area is 117 Å². The Kier molecular flexibility index (Phi) is 21.4. The van der Waals surface area contributed by atoms with Crippen LogP contribution in [0.15, 0.2) is 24.8 Å². The van der Waals surface area contributed by atoms with Crippen LogP contribution in [0.1, 0.15) is 13.8 Å². The molecule has 0 aliphatic rings. The van der Waals surface area contributed by atoms with E-state index in [0.29, 0.717) is 0 Å². The van der Waals surface area contributed by atoms with Crippen LogP contribution in [0.3, 0.4) is 0 Å². The fourth-order valence-electron chi connectivity index (χ4n) is 0.0725. The highest BCUT2D eigenvalue weighted by atomic mass is 19.3. The van der Waals surface area contributed by atoms with Gasteiger partial charge in [0.2, 0.25) is 0 Å². The molecule has 0 atom stereocenters. The maximum Gasteiger partial charge on any atom is 0.325 e. The lowest BCUT2D eigenvalue weighted by Crippen LogP contribution is -2.18. The summed E-state index contributed by atoms with van der Waals surface area (Å²) >= 11 is 0. The Morgan fingerprint density at radius 1 is 0.905 bits per heavy atom. The molecule has 0 saturated carbocycles. The van der Waals surface area contributed by atoms with E-state index in [2.05, 4.69) is 13.2 Å². The van der Waals surface area contributed by atoms with Gasteiger partial charge >= 0.3 is 5.92 Å². The van der Waals surface area contributed by atoms with Crippen molar-refractivity contribution in [1.29, 1.82) is 10.8 Å². The van der Waals surface area contributed by atoms with Gasteiger partial charge < -0.3 is 0 Å². The summed E-state index contributed by atoms with van der Waals surface area (Å²) < 4.78 is 87.8. The Morgan fingerprint density at radius 2 is 1.10 bits per heavy atom. The van der Waals surface area contributed by atoms with E-state index in [1.54, 1.807) is 0 Å². The molecule has 0 heterocycles. The Morgan fingerprint density at radius 3 is 1.10 bits per heavy atom. The maximum atomic E-state index is 11.4. The van der Waals surface area contributed by atoms with E-state index in [-0.39, 0.29) is 0 Å². The number of hydrogen-bond acceptors (Lipinski definition) is 2. The zero-order chi connectivity index (χ0) is 18.2. The van der Waals surface area contributed by atoms with E-state index in [0.717, 1.165) is 13.8 Å². The lowest BCUT2D eigenvalue weighted by Gasteiger charge is -2.05. The lowest BCUT2D eigenvalue weighted by atomic mass is 10.3. The van der Waals surface area contributed by atoms with Gasteiger partial charge in [0.25, 0.3) is 0 Å². The minimum atomic E-state index is -3.99. The quantitative estimate of drug-likeness (QED) is 0.513. The first-order chi connectivity index (χ1) is 9.24. The van der Waals surface area contributed by atoms with Gasteiger partial charge in [0.05, 0.1) is 0 Å². The fourth-order valence-corrected chi connectivity index (χ4v) is 0.0725. The fraction of sp³-hybridized carbons (Fsp3) is 0.455. The van der Waals surface area contributed by atoms with E-state index in [1.807, 2.05) is 0 Å². The van der Waals surface area contributed by atoms with Gasteiger partial charge in [-0.05, 0) is 0 Å². The topological polar surface area (TPSA) is 47.7 Å². The van der Waals surface area contributed by atoms with Gasteiger partial charge in [-0.15, -0.1) is 0 Å². The van der Waals surface area contributed by atoms with E-state index >= 15 is 0 Å². The first-order valence-corrected chi connectivity index (χ1v) is 4.83. The molecule has 0 saturated heterocycles. The monoisotopic (exact) mass is 328 g/mol. The van der Waals surface area contributed by atoms with Crippen LogP contribution in [0.25, 0.3) is 0 Å². The van der Waals surface area contributed by atoms with Crippen LogP contribution in [0, 0.1) is 10.8 Å². The molecule has 126 valence electrons. The second-order valence-corrected chi connectivity index (χ2v) is 2.96. The summed E-state index contributed by atoms with van der Waals surface area (Å²) in [7, 11) is 0. The van der Waals surface area contributed by atoms with Gasteiger partial charge in [0, 0.05) is 13.8 Å². The molecule has 0 fully saturated rings. The lowest BCUT2D eigenvalue weighted by molar-refractivity contribution is -0.00465. The molecule has 0 spiro atoms. The van der Waals surface area contributed by atoms with Gasteiger partial charge in [-0.25, -0.2) is 17.6 Å². The highest BCUT2D eigenvalue weighted by molar-refractivity contribution is 5.67. The van der Waals surface area contributed by atoms with Crippen molar-refractivity contribution < 1.29 is 35.1 Å². The molecule has 0 aromatic rings. The first kappa shape index (κ1) is 27.6. The normalized spacial score (nSPS) is 8.67. The van der Waals surface area contributed by atoms with E-state index in [9.17, 15) is 35.1 Å². The standard InChI is InChI=1S/C4H4F4.C3H4F2.2C2H4FN/c1-3(6)4(7,8)2-5;1-3(5)2-4;2*1-2(3)4/h1-2H2;1-2H2;2*4H,1H3. The molecule has 2 N–H and O–H groups in total. The van der Waals surface area contributed by atoms with Gasteiger partial charge in [-0.2, -0.15) is 17.6 Å². The maximum absolute atomic E-state index is 11.4. The van der Waals surface area contributed by atoms with Crippen LogP contribution in [0.2, 0.25) is 0 Å². The van der Waals surface area contributed by atoms with Crippen molar-refractivity contribution in [3.8, 4) is 0 Å². The summed E-state index contributed by atoms with van der Waals surface area (Å²) in [4.78, 5) is 0. The molecule has 0 aliphatic carbocycles. The van der Waals surface area contributed by atoms with Crippen molar-refractivity contribution in [2.45, 2.75) is 19.8 Å². The summed E-state index contributed by atoms with van der Waals surface area (Å²) in [6.45, 7) is 3.96. The van der Waals surface area contributed by atoms with Crippen LogP contribution in [-0.4, -0.2) is 31.2 Å². The second-order valence-electron chi connectivity index (χ2n) is 2.96. The molecule has 0 radical (unpaired) electrons. The van der Waals surface area contributed by atoms with Crippen LogP contribution in [-0.2, 0) is 0 Å². The molecule has 0 unspecified atom stereocenters. The molecule has 0 aromatic heterocycles. The summed E-state index contributed by atoms with van der Waals surface area (Å²) in [5, 5.41) is 11.7. The van der Waals surface area contributed by atoms with E-state index < -0.39 is 42.9 Å². The number of halogens is 8. The first-order valence-electron chi connectivity index (χ1n) is 4.83.